The molecule has 2 fully saturated rings. The Bertz CT molecular complexity index is 1570. The molecule has 2 N–H and O–H groups in total. The van der Waals surface area contributed by atoms with Crippen LogP contribution in [0.15, 0.2) is 35.4 Å². The first-order chi connectivity index (χ1) is 17.2. The van der Waals surface area contributed by atoms with Crippen molar-refractivity contribution < 1.29 is 16.0 Å². The first kappa shape index (κ1) is 22.8. The van der Waals surface area contributed by atoms with Crippen molar-refractivity contribution in [3.8, 4) is 0 Å². The van der Waals surface area contributed by atoms with Gasteiger partial charge in [0.25, 0.3) is 6.67 Å². The van der Waals surface area contributed by atoms with E-state index in [9.17, 15) is 18.0 Å². The van der Waals surface area contributed by atoms with Crippen LogP contribution in [0, 0.1) is 12.0 Å². The van der Waals surface area contributed by atoms with E-state index < -0.39 is 12.6 Å². The van der Waals surface area contributed by atoms with E-state index in [-0.39, 0.29) is 31.5 Å². The van der Waals surface area contributed by atoms with E-state index in [1.165, 1.54) is 10.9 Å². The van der Waals surface area contributed by atoms with Gasteiger partial charge in [0, 0.05) is 38.0 Å². The summed E-state index contributed by atoms with van der Waals surface area (Å²) in [4.78, 5) is 29.8. The van der Waals surface area contributed by atoms with E-state index in [0.29, 0.717) is 27.1 Å². The minimum atomic E-state index is -4.25. The van der Waals surface area contributed by atoms with Crippen molar-refractivity contribution in [2.75, 3.05) is 23.3 Å². The second-order valence-electron chi connectivity index (χ2n) is 9.75. The average molecular weight is 518 g/mol. The van der Waals surface area contributed by atoms with Gasteiger partial charge >= 0.3 is 11.9 Å². The fourth-order valence-electron chi connectivity index (χ4n) is 5.65. The molecule has 1 atom stereocenters. The first-order valence-electron chi connectivity index (χ1n) is 11.6. The maximum absolute atomic E-state index is 12.9. The van der Waals surface area contributed by atoms with Crippen LogP contribution in [0.25, 0.3) is 26.1 Å². The molecule has 1 saturated carbocycles. The molecule has 4 aromatic rings. The molecule has 0 bridgehead atoms. The van der Waals surface area contributed by atoms with Gasteiger partial charge in [-0.05, 0) is 43.5 Å². The molecule has 190 valence electrons. The molecular formula is C24H26F3N7OS. The number of H-pyrrole nitrogens is 1. The number of rotatable bonds is 5. The predicted octanol–water partition coefficient (Wildman–Crippen LogP) is 5.28. The molecule has 36 heavy (non-hydrogen) atoms. The number of hydrogen-bond acceptors (Lipinski definition) is 6. The number of nitrogens with one attached hydrogen (secondary N) is 2. The van der Waals surface area contributed by atoms with Gasteiger partial charge in [0.2, 0.25) is 0 Å². The second kappa shape index (κ2) is 8.23. The lowest BCUT2D eigenvalue weighted by molar-refractivity contribution is -0.126. The number of aromatic nitrogens is 4. The molecule has 4 heterocycles. The monoisotopic (exact) mass is 517 g/mol. The fourth-order valence-corrected chi connectivity index (χ4v) is 6.67. The Morgan fingerprint density at radius 2 is 2.14 bits per heavy atom. The Morgan fingerprint density at radius 3 is 2.92 bits per heavy atom. The number of alkyl halides is 3. The summed E-state index contributed by atoms with van der Waals surface area (Å²) >= 11 is 1.07. The largest absolute Gasteiger partial charge is 0.393 e. The number of thiophene rings is 1. The van der Waals surface area contributed by atoms with E-state index in [2.05, 4.69) is 30.0 Å². The van der Waals surface area contributed by atoms with Gasteiger partial charge in [0.15, 0.2) is 0 Å². The van der Waals surface area contributed by atoms with Gasteiger partial charge in [-0.15, -0.1) is 11.3 Å². The molecule has 1 saturated heterocycles. The highest BCUT2D eigenvalue weighted by Gasteiger charge is 2.49. The smallest absolute Gasteiger partial charge is 0.382 e. The van der Waals surface area contributed by atoms with Crippen LogP contribution in [-0.2, 0) is 13.1 Å². The molecule has 1 unspecified atom stereocenters. The minimum absolute atomic E-state index is 0. The number of aromatic amines is 1. The summed E-state index contributed by atoms with van der Waals surface area (Å²) in [6, 6.07) is 7.55. The van der Waals surface area contributed by atoms with Crippen molar-refractivity contribution in [1.29, 1.82) is 0 Å². The number of fused-ring (bicyclic) bond motifs is 2. The van der Waals surface area contributed by atoms with Crippen molar-refractivity contribution >= 4 is 44.1 Å². The van der Waals surface area contributed by atoms with E-state index >= 15 is 0 Å². The lowest BCUT2D eigenvalue weighted by atomic mass is 9.78. The highest BCUT2D eigenvalue weighted by atomic mass is 32.1. The molecule has 0 radical (unpaired) electrons. The lowest BCUT2D eigenvalue weighted by Gasteiger charge is -2.49. The van der Waals surface area contributed by atoms with Crippen LogP contribution in [0.1, 0.15) is 27.0 Å². The molecule has 12 heteroatoms. The standard InChI is InChI=1S/C24H22F3N7OS.2H2/c1-28-13-34-19-6-14(2-3-18(19)32-22(34)35)31-15-4-5-23(8-15)10-33(11-23)20-17-7-16(9-24(25,26)27)36-21(17)30-12-29-20;;/h2-3,6-7,12,15,31H,4-5,8-11,13H2,(H,32,35);2*1H. The summed E-state index contributed by atoms with van der Waals surface area (Å²) in [6.07, 6.45) is -0.746. The molecular weight excluding hydrogens is 491 g/mol. The Balaban J connectivity index is 0.00000168. The summed E-state index contributed by atoms with van der Waals surface area (Å²) in [6.45, 7) is 8.69. The van der Waals surface area contributed by atoms with Gasteiger partial charge in [-0.3, -0.25) is 4.85 Å². The Kier molecular flexibility index (Phi) is 5.22. The predicted molar refractivity (Wildman–Crippen MR) is 136 cm³/mol. The molecule has 8 nitrogen and oxygen atoms in total. The number of halogens is 3. The highest BCUT2D eigenvalue weighted by Crippen LogP contribution is 2.48. The Labute approximate surface area is 210 Å². The number of imidazole rings is 1. The maximum Gasteiger partial charge on any atom is 0.393 e. The molecule has 1 aromatic carbocycles. The summed E-state index contributed by atoms with van der Waals surface area (Å²) in [7, 11) is 0. The van der Waals surface area contributed by atoms with Gasteiger partial charge in [-0.25, -0.2) is 25.9 Å². The van der Waals surface area contributed by atoms with E-state index in [4.69, 9.17) is 6.57 Å². The molecule has 1 aliphatic carbocycles. The topological polar surface area (TPSA) is 83.2 Å². The summed E-state index contributed by atoms with van der Waals surface area (Å²) in [5.74, 6) is 0.711. The molecule has 2 aliphatic rings. The van der Waals surface area contributed by atoms with Gasteiger partial charge in [0.05, 0.1) is 22.8 Å². The van der Waals surface area contributed by atoms with Crippen molar-refractivity contribution in [2.45, 2.75) is 44.6 Å². The van der Waals surface area contributed by atoms with Gasteiger partial charge in [-0.2, -0.15) is 13.2 Å². The first-order valence-corrected chi connectivity index (χ1v) is 12.4. The van der Waals surface area contributed by atoms with Crippen LogP contribution in [0.4, 0.5) is 24.7 Å². The number of benzene rings is 1. The van der Waals surface area contributed by atoms with Gasteiger partial charge in [0.1, 0.15) is 17.0 Å². The number of hydrogen-bond donors (Lipinski definition) is 2. The number of anilines is 2. The van der Waals surface area contributed by atoms with Crippen LogP contribution in [-0.4, -0.2) is 44.8 Å². The van der Waals surface area contributed by atoms with Gasteiger partial charge in [-0.1, -0.05) is 0 Å². The SMILES string of the molecule is [C-]#[N+]Cn1c(=O)[nH]c2ccc(NC3CCC4(C3)CN(c3ncnc5sc(CC(F)(F)F)cc35)C4)cc21.[HH].[HH]. The Hall–Kier alpha value is -3.59. The third kappa shape index (κ3) is 4.07. The highest BCUT2D eigenvalue weighted by molar-refractivity contribution is 7.18. The normalized spacial score (nSPS) is 19.2. The van der Waals surface area contributed by atoms with Crippen LogP contribution < -0.4 is 15.9 Å². The molecule has 3 aromatic heterocycles. The van der Waals surface area contributed by atoms with Gasteiger partial charge < -0.3 is 15.2 Å². The third-order valence-corrected chi connectivity index (χ3v) is 8.19. The third-order valence-electron chi connectivity index (χ3n) is 7.15. The molecule has 1 aliphatic heterocycles. The minimum Gasteiger partial charge on any atom is -0.382 e. The zero-order valence-electron chi connectivity index (χ0n) is 19.1. The van der Waals surface area contributed by atoms with Crippen molar-refractivity contribution in [2.24, 2.45) is 5.41 Å². The fraction of sp³-hybridized carbons (Fsp3) is 0.417. The van der Waals surface area contributed by atoms with Crippen molar-refractivity contribution in [3.05, 3.63) is 57.4 Å². The lowest BCUT2D eigenvalue weighted by Crippen LogP contribution is -2.56. The summed E-state index contributed by atoms with van der Waals surface area (Å²) in [5, 5.41) is 4.28. The Morgan fingerprint density at radius 1 is 1.31 bits per heavy atom. The van der Waals surface area contributed by atoms with Crippen LogP contribution in [0.2, 0.25) is 0 Å². The molecule has 0 amide bonds. The van der Waals surface area contributed by atoms with E-state index in [1.54, 1.807) is 6.07 Å². The van der Waals surface area contributed by atoms with Crippen LogP contribution in [0.3, 0.4) is 0 Å². The number of nitrogens with zero attached hydrogens (tertiary/aromatic N) is 5. The molecule has 1 spiro atoms. The summed E-state index contributed by atoms with van der Waals surface area (Å²) < 4.78 is 40.0. The van der Waals surface area contributed by atoms with Crippen LogP contribution in [0.5, 0.6) is 0 Å². The maximum atomic E-state index is 12.9. The van der Waals surface area contributed by atoms with Crippen molar-refractivity contribution in [3.63, 3.8) is 0 Å². The average Bonchev–Trinajstić information content (AvgIpc) is 3.47. The quantitative estimate of drug-likeness (QED) is 0.352. The zero-order valence-corrected chi connectivity index (χ0v) is 19.9. The van der Waals surface area contributed by atoms with Crippen molar-refractivity contribution in [1.82, 2.24) is 19.5 Å². The van der Waals surface area contributed by atoms with E-state index in [1.807, 2.05) is 18.2 Å². The summed E-state index contributed by atoms with van der Waals surface area (Å²) in [5.41, 5.74) is 2.17. The second-order valence-corrected chi connectivity index (χ2v) is 10.9. The molecule has 6 rings (SSSR count). The van der Waals surface area contributed by atoms with E-state index in [0.717, 1.165) is 49.4 Å². The zero-order chi connectivity index (χ0) is 25.1. The van der Waals surface area contributed by atoms with Crippen LogP contribution >= 0.6 is 11.3 Å².